The van der Waals surface area contributed by atoms with Crippen LogP contribution in [0, 0.1) is 0 Å². The third-order valence-electron chi connectivity index (χ3n) is 5.45. The highest BCUT2D eigenvalue weighted by Crippen LogP contribution is 2.35. The number of carbonyl (C=O) groups is 1. The first-order valence-corrected chi connectivity index (χ1v) is 9.59. The molecule has 5 rings (SSSR count). The monoisotopic (exact) mass is 385 g/mol. The first-order chi connectivity index (χ1) is 13.8. The number of amides is 1. The summed E-state index contributed by atoms with van der Waals surface area (Å²) in [5.41, 5.74) is 8.05. The number of nitrogens with one attached hydrogen (secondary N) is 3. The van der Waals surface area contributed by atoms with Crippen molar-refractivity contribution in [3.05, 3.63) is 36.2 Å². The van der Waals surface area contributed by atoms with Crippen LogP contribution in [-0.4, -0.2) is 41.7 Å². The summed E-state index contributed by atoms with van der Waals surface area (Å²) in [6, 6.07) is 5.88. The summed E-state index contributed by atoms with van der Waals surface area (Å²) >= 11 is 0. The van der Waals surface area contributed by atoms with Gasteiger partial charge in [-0.1, -0.05) is 6.07 Å². The topological polar surface area (TPSA) is 98.7 Å². The average molecular weight is 385 g/mol. The minimum atomic E-state index is -0.332. The molecule has 3 N–H and O–H groups in total. The van der Waals surface area contributed by atoms with E-state index in [0.29, 0.717) is 18.2 Å². The number of hydrazine groups is 1. The van der Waals surface area contributed by atoms with Crippen LogP contribution in [0.4, 0.5) is 5.69 Å². The first kappa shape index (κ1) is 17.5. The molecule has 28 heavy (non-hydrogen) atoms. The van der Waals surface area contributed by atoms with E-state index in [2.05, 4.69) is 21.3 Å². The molecule has 1 aromatic carbocycles. The normalized spacial score (nSPS) is 24.4. The molecule has 2 saturated heterocycles. The highest BCUT2D eigenvalue weighted by Gasteiger charge is 2.31. The fourth-order valence-electron chi connectivity index (χ4n) is 3.86. The largest absolute Gasteiger partial charge is 0.454 e. The van der Waals surface area contributed by atoms with Gasteiger partial charge in [-0.2, -0.15) is 5.10 Å². The van der Waals surface area contributed by atoms with Gasteiger partial charge in [0.25, 0.3) is 0 Å². The summed E-state index contributed by atoms with van der Waals surface area (Å²) in [6.07, 6.45) is 6.12. The van der Waals surface area contributed by atoms with Gasteiger partial charge in [-0.15, -0.1) is 0 Å². The number of benzene rings is 1. The van der Waals surface area contributed by atoms with Gasteiger partial charge in [-0.3, -0.25) is 9.48 Å². The lowest BCUT2D eigenvalue weighted by atomic mass is 10.0. The van der Waals surface area contributed by atoms with Crippen molar-refractivity contribution in [2.45, 2.75) is 37.4 Å². The van der Waals surface area contributed by atoms with Gasteiger partial charge in [-0.05, 0) is 37.0 Å². The predicted molar refractivity (Wildman–Crippen MR) is 99.9 cm³/mol. The molecule has 0 spiro atoms. The van der Waals surface area contributed by atoms with E-state index in [1.54, 1.807) is 6.20 Å². The Kier molecular flexibility index (Phi) is 4.63. The number of nitrogens with zero attached hydrogens (tertiary/aromatic N) is 2. The quantitative estimate of drug-likeness (QED) is 0.734. The summed E-state index contributed by atoms with van der Waals surface area (Å²) in [4.78, 5) is 12.6. The molecule has 3 aliphatic heterocycles. The molecule has 2 unspecified atom stereocenters. The van der Waals surface area contributed by atoms with Crippen LogP contribution in [0.25, 0.3) is 0 Å². The lowest BCUT2D eigenvalue weighted by Crippen LogP contribution is -2.39. The number of fused-ring (bicyclic) bond motifs is 1. The molecule has 9 nitrogen and oxygen atoms in total. The fraction of sp³-hybridized carbons (Fsp3) is 0.474. The summed E-state index contributed by atoms with van der Waals surface area (Å²) in [5.74, 6) is 1.42. The number of aromatic nitrogens is 2. The standard InChI is InChI=1S/C19H23N5O4/c25-19(21-13-9-20-24(10-13)14-3-5-26-6-4-14)16-8-15(22-23-16)12-1-2-17-18(7-12)28-11-27-17/h1-2,7,9-10,14-16,22-23H,3-6,8,11H2,(H,21,25). The van der Waals surface area contributed by atoms with E-state index in [4.69, 9.17) is 14.2 Å². The number of rotatable bonds is 4. The van der Waals surface area contributed by atoms with Crippen LogP contribution in [0.3, 0.4) is 0 Å². The van der Waals surface area contributed by atoms with Gasteiger partial charge < -0.3 is 19.5 Å². The van der Waals surface area contributed by atoms with Crippen molar-refractivity contribution in [2.75, 3.05) is 25.3 Å². The van der Waals surface area contributed by atoms with Crippen molar-refractivity contribution in [1.29, 1.82) is 0 Å². The lowest BCUT2D eigenvalue weighted by Gasteiger charge is -2.22. The Bertz CT molecular complexity index is 864. The van der Waals surface area contributed by atoms with Gasteiger partial charge in [0.05, 0.1) is 17.9 Å². The zero-order valence-corrected chi connectivity index (χ0v) is 15.4. The van der Waals surface area contributed by atoms with Crippen molar-refractivity contribution in [2.24, 2.45) is 0 Å². The molecule has 0 aliphatic carbocycles. The maximum Gasteiger partial charge on any atom is 0.243 e. The third kappa shape index (κ3) is 3.44. The fourth-order valence-corrected chi connectivity index (χ4v) is 3.86. The summed E-state index contributed by atoms with van der Waals surface area (Å²) in [7, 11) is 0. The molecule has 148 valence electrons. The molecule has 3 aliphatic rings. The van der Waals surface area contributed by atoms with Gasteiger partial charge in [-0.25, -0.2) is 10.9 Å². The Morgan fingerprint density at radius 1 is 1.18 bits per heavy atom. The molecule has 2 fully saturated rings. The lowest BCUT2D eigenvalue weighted by molar-refractivity contribution is -0.117. The SMILES string of the molecule is O=C(Nc1cnn(C2CCOCC2)c1)C1CC(c2ccc3c(c2)OCO3)NN1. The minimum Gasteiger partial charge on any atom is -0.454 e. The van der Waals surface area contributed by atoms with E-state index in [0.717, 1.165) is 43.1 Å². The molecule has 0 radical (unpaired) electrons. The number of ether oxygens (including phenoxy) is 3. The highest BCUT2D eigenvalue weighted by atomic mass is 16.7. The van der Waals surface area contributed by atoms with E-state index < -0.39 is 0 Å². The van der Waals surface area contributed by atoms with Crippen molar-refractivity contribution in [3.63, 3.8) is 0 Å². The Balaban J connectivity index is 1.19. The molecular formula is C19H23N5O4. The number of hydrogen-bond acceptors (Lipinski definition) is 7. The second-order valence-electron chi connectivity index (χ2n) is 7.28. The molecule has 0 saturated carbocycles. The van der Waals surface area contributed by atoms with Crippen LogP contribution in [0.2, 0.25) is 0 Å². The van der Waals surface area contributed by atoms with E-state index in [1.165, 1.54) is 0 Å². The zero-order chi connectivity index (χ0) is 18.9. The van der Waals surface area contributed by atoms with Crippen molar-refractivity contribution < 1.29 is 19.0 Å². The van der Waals surface area contributed by atoms with Crippen LogP contribution in [0.15, 0.2) is 30.6 Å². The van der Waals surface area contributed by atoms with Crippen LogP contribution in [0.5, 0.6) is 11.5 Å². The number of carbonyl (C=O) groups excluding carboxylic acids is 1. The Hall–Kier alpha value is -2.62. The molecule has 4 heterocycles. The van der Waals surface area contributed by atoms with Crippen LogP contribution in [-0.2, 0) is 9.53 Å². The van der Waals surface area contributed by atoms with E-state index in [1.807, 2.05) is 29.1 Å². The maximum atomic E-state index is 12.6. The smallest absolute Gasteiger partial charge is 0.243 e. The Labute approximate surface area is 162 Å². The van der Waals surface area contributed by atoms with Gasteiger partial charge in [0.2, 0.25) is 12.7 Å². The molecule has 9 heteroatoms. The number of hydrogen-bond donors (Lipinski definition) is 3. The predicted octanol–water partition coefficient (Wildman–Crippen LogP) is 1.51. The Morgan fingerprint density at radius 2 is 2.04 bits per heavy atom. The summed E-state index contributed by atoms with van der Waals surface area (Å²) < 4.78 is 18.1. The molecule has 2 aromatic rings. The maximum absolute atomic E-state index is 12.6. The molecule has 1 amide bonds. The van der Waals surface area contributed by atoms with E-state index in [9.17, 15) is 4.79 Å². The molecule has 2 atom stereocenters. The van der Waals surface area contributed by atoms with E-state index >= 15 is 0 Å². The average Bonchev–Trinajstić information content (AvgIpc) is 3.48. The second-order valence-corrected chi connectivity index (χ2v) is 7.28. The van der Waals surface area contributed by atoms with Crippen molar-refractivity contribution in [3.8, 4) is 11.5 Å². The van der Waals surface area contributed by atoms with Gasteiger partial charge in [0, 0.05) is 25.5 Å². The summed E-state index contributed by atoms with van der Waals surface area (Å²) in [6.45, 7) is 1.76. The molecule has 1 aromatic heterocycles. The van der Waals surface area contributed by atoms with Crippen LogP contribution >= 0.6 is 0 Å². The summed E-state index contributed by atoms with van der Waals surface area (Å²) in [5, 5.41) is 7.36. The minimum absolute atomic E-state index is 0.0233. The second kappa shape index (κ2) is 7.42. The van der Waals surface area contributed by atoms with Crippen molar-refractivity contribution in [1.82, 2.24) is 20.6 Å². The van der Waals surface area contributed by atoms with Gasteiger partial charge in [0.1, 0.15) is 6.04 Å². The van der Waals surface area contributed by atoms with Gasteiger partial charge >= 0.3 is 0 Å². The number of anilines is 1. The van der Waals surface area contributed by atoms with Crippen LogP contribution in [0.1, 0.15) is 36.9 Å². The Morgan fingerprint density at radius 3 is 2.93 bits per heavy atom. The third-order valence-corrected chi connectivity index (χ3v) is 5.45. The van der Waals surface area contributed by atoms with E-state index in [-0.39, 0.29) is 24.8 Å². The highest BCUT2D eigenvalue weighted by molar-refractivity contribution is 5.94. The van der Waals surface area contributed by atoms with Gasteiger partial charge in [0.15, 0.2) is 11.5 Å². The zero-order valence-electron chi connectivity index (χ0n) is 15.4. The first-order valence-electron chi connectivity index (χ1n) is 9.59. The molecule has 0 bridgehead atoms. The van der Waals surface area contributed by atoms with Crippen molar-refractivity contribution >= 4 is 11.6 Å². The van der Waals surface area contributed by atoms with Crippen LogP contribution < -0.4 is 25.6 Å². The molecular weight excluding hydrogens is 362 g/mol.